The molecule has 1 aromatic heterocycles. The van der Waals surface area contributed by atoms with Crippen molar-refractivity contribution in [2.75, 3.05) is 37.6 Å². The van der Waals surface area contributed by atoms with Crippen molar-refractivity contribution in [3.63, 3.8) is 0 Å². The smallest absolute Gasteiger partial charge is 0.413 e. The lowest BCUT2D eigenvalue weighted by Crippen LogP contribution is -2.52. The third-order valence-electron chi connectivity index (χ3n) is 5.65. The van der Waals surface area contributed by atoms with Gasteiger partial charge in [-0.1, -0.05) is 36.7 Å². The van der Waals surface area contributed by atoms with E-state index in [1.807, 2.05) is 11.0 Å². The normalized spacial score (nSPS) is 14.9. The van der Waals surface area contributed by atoms with E-state index < -0.39 is 12.1 Å². The van der Waals surface area contributed by atoms with Crippen LogP contribution in [0.2, 0.25) is 5.02 Å². The van der Waals surface area contributed by atoms with Crippen LogP contribution >= 0.6 is 11.6 Å². The van der Waals surface area contributed by atoms with Crippen LogP contribution in [0.5, 0.6) is 0 Å². The van der Waals surface area contributed by atoms with Gasteiger partial charge in [0.1, 0.15) is 0 Å². The van der Waals surface area contributed by atoms with Crippen molar-refractivity contribution in [2.24, 2.45) is 0 Å². The predicted octanol–water partition coefficient (Wildman–Crippen LogP) is 5.17. The number of hydrogen-bond acceptors (Lipinski definition) is 5. The monoisotopic (exact) mass is 493 g/mol. The molecule has 0 atom stereocenters. The van der Waals surface area contributed by atoms with Crippen molar-refractivity contribution in [1.29, 1.82) is 0 Å². The van der Waals surface area contributed by atoms with Gasteiger partial charge in [0.2, 0.25) is 5.89 Å². The van der Waals surface area contributed by atoms with E-state index in [2.05, 4.69) is 22.0 Å². The van der Waals surface area contributed by atoms with Gasteiger partial charge in [0.15, 0.2) is 0 Å². The molecule has 7 nitrogen and oxygen atoms in total. The van der Waals surface area contributed by atoms with Crippen molar-refractivity contribution in [1.82, 2.24) is 20.0 Å². The quantitative estimate of drug-likeness (QED) is 0.490. The van der Waals surface area contributed by atoms with E-state index in [9.17, 15) is 18.0 Å². The van der Waals surface area contributed by atoms with Gasteiger partial charge < -0.3 is 14.2 Å². The van der Waals surface area contributed by atoms with E-state index in [1.54, 1.807) is 47.4 Å². The summed E-state index contributed by atoms with van der Waals surface area (Å²) in [6, 6.07) is 13.5. The third-order valence-corrected chi connectivity index (χ3v) is 5.88. The first-order chi connectivity index (χ1) is 16.2. The lowest BCUT2D eigenvalue weighted by molar-refractivity contribution is -0.156. The topological polar surface area (TPSA) is 65.7 Å². The molecule has 0 N–H and O–H groups in total. The third kappa shape index (κ3) is 5.51. The minimum absolute atomic E-state index is 0.131. The van der Waals surface area contributed by atoms with Crippen LogP contribution in [0.3, 0.4) is 0 Å². The first kappa shape index (κ1) is 24.0. The van der Waals surface area contributed by atoms with E-state index in [1.165, 1.54) is 0 Å². The van der Waals surface area contributed by atoms with Gasteiger partial charge >= 0.3 is 18.1 Å². The minimum Gasteiger partial charge on any atom is -0.413 e. The number of nitrogens with zero attached hydrogens (tertiary/aromatic N) is 5. The SMILES string of the molecule is CCN1CCN(C(=O)N(Cc2ccc(-c3nnc(C(F)(F)F)o3)cc2)c2cccc(Cl)c2)CC1. The molecule has 0 spiro atoms. The number of halogens is 4. The number of amides is 2. The molecular formula is C23H23ClF3N5O2. The molecule has 0 unspecified atom stereocenters. The second kappa shape index (κ2) is 10.0. The summed E-state index contributed by atoms with van der Waals surface area (Å²) in [5, 5.41) is 7.04. The van der Waals surface area contributed by atoms with Crippen molar-refractivity contribution >= 4 is 23.3 Å². The molecule has 0 radical (unpaired) electrons. The summed E-state index contributed by atoms with van der Waals surface area (Å²) in [4.78, 5) is 19.2. The first-order valence-corrected chi connectivity index (χ1v) is 11.2. The molecule has 1 aliphatic heterocycles. The summed E-state index contributed by atoms with van der Waals surface area (Å²) in [5.41, 5.74) is 1.79. The van der Waals surface area contributed by atoms with Crippen LogP contribution < -0.4 is 4.90 Å². The molecule has 11 heteroatoms. The van der Waals surface area contributed by atoms with E-state index in [0.29, 0.717) is 29.4 Å². The molecule has 0 bridgehead atoms. The number of urea groups is 1. The number of carbonyl (C=O) groups is 1. The van der Waals surface area contributed by atoms with E-state index in [-0.39, 0.29) is 18.5 Å². The lowest BCUT2D eigenvalue weighted by atomic mass is 10.1. The Morgan fingerprint density at radius 3 is 2.38 bits per heavy atom. The Kier molecular flexibility index (Phi) is 7.08. The van der Waals surface area contributed by atoms with Crippen LogP contribution in [-0.4, -0.2) is 58.8 Å². The standard InChI is InChI=1S/C23H23ClF3N5O2/c1-2-30-10-12-31(13-11-30)22(33)32(19-5-3-4-18(24)14-19)15-16-6-8-17(9-7-16)20-28-29-21(34-20)23(25,26)27/h3-9,14H,2,10-13,15H2,1H3. The molecule has 34 heavy (non-hydrogen) atoms. The maximum atomic E-state index is 13.4. The largest absolute Gasteiger partial charge is 0.470 e. The second-order valence-electron chi connectivity index (χ2n) is 7.88. The zero-order chi connectivity index (χ0) is 24.3. The summed E-state index contributed by atoms with van der Waals surface area (Å²) in [7, 11) is 0. The maximum absolute atomic E-state index is 13.4. The fraction of sp³-hybridized carbons (Fsp3) is 0.348. The maximum Gasteiger partial charge on any atom is 0.470 e. The average Bonchev–Trinajstić information content (AvgIpc) is 3.34. The van der Waals surface area contributed by atoms with Crippen molar-refractivity contribution in [3.8, 4) is 11.5 Å². The molecule has 4 rings (SSSR count). The van der Waals surface area contributed by atoms with Gasteiger partial charge in [-0.2, -0.15) is 13.2 Å². The second-order valence-corrected chi connectivity index (χ2v) is 8.31. The molecule has 0 aliphatic carbocycles. The van der Waals surface area contributed by atoms with Gasteiger partial charge in [-0.15, -0.1) is 10.2 Å². The Labute approximate surface area is 199 Å². The molecule has 1 saturated heterocycles. The van der Waals surface area contributed by atoms with Crippen LogP contribution in [0.25, 0.3) is 11.5 Å². The summed E-state index contributed by atoms with van der Waals surface area (Å²) in [6.07, 6.45) is -4.70. The Bertz CT molecular complexity index is 1130. The molecule has 180 valence electrons. The number of alkyl halides is 3. The summed E-state index contributed by atoms with van der Waals surface area (Å²) in [5.74, 6) is -1.62. The number of carbonyl (C=O) groups excluding carboxylic acids is 1. The molecular weight excluding hydrogens is 471 g/mol. The number of benzene rings is 2. The number of anilines is 1. The van der Waals surface area contributed by atoms with Crippen molar-refractivity contribution in [3.05, 3.63) is 65.0 Å². The number of piperazine rings is 1. The predicted molar refractivity (Wildman–Crippen MR) is 121 cm³/mol. The first-order valence-electron chi connectivity index (χ1n) is 10.8. The van der Waals surface area contributed by atoms with Gasteiger partial charge in [-0.3, -0.25) is 4.90 Å². The van der Waals surface area contributed by atoms with Gasteiger partial charge in [0.05, 0.1) is 6.54 Å². The highest BCUT2D eigenvalue weighted by Crippen LogP contribution is 2.30. The van der Waals surface area contributed by atoms with Crippen LogP contribution in [0.4, 0.5) is 23.7 Å². The number of likely N-dealkylation sites (N-methyl/N-ethyl adjacent to an activating group) is 1. The van der Waals surface area contributed by atoms with Crippen molar-refractivity contribution < 1.29 is 22.4 Å². The lowest BCUT2D eigenvalue weighted by Gasteiger charge is -2.37. The molecule has 2 amide bonds. The van der Waals surface area contributed by atoms with Crippen LogP contribution in [0.15, 0.2) is 52.9 Å². The molecule has 1 aliphatic rings. The summed E-state index contributed by atoms with van der Waals surface area (Å²) in [6.45, 7) is 6.16. The Balaban J connectivity index is 1.54. The van der Waals surface area contributed by atoms with Gasteiger partial charge in [0, 0.05) is 42.5 Å². The van der Waals surface area contributed by atoms with Crippen LogP contribution in [0, 0.1) is 0 Å². The average molecular weight is 494 g/mol. The van der Waals surface area contributed by atoms with Crippen LogP contribution in [-0.2, 0) is 12.7 Å². The van der Waals surface area contributed by atoms with Crippen molar-refractivity contribution in [2.45, 2.75) is 19.6 Å². The highest BCUT2D eigenvalue weighted by atomic mass is 35.5. The number of rotatable bonds is 5. The highest BCUT2D eigenvalue weighted by Gasteiger charge is 2.38. The van der Waals surface area contributed by atoms with Crippen LogP contribution in [0.1, 0.15) is 18.4 Å². The number of aromatic nitrogens is 2. The van der Waals surface area contributed by atoms with E-state index in [0.717, 1.165) is 25.2 Å². The Morgan fingerprint density at radius 1 is 1.09 bits per heavy atom. The minimum atomic E-state index is -4.70. The molecule has 2 aromatic carbocycles. The fourth-order valence-corrected chi connectivity index (χ4v) is 3.91. The zero-order valence-corrected chi connectivity index (χ0v) is 19.2. The zero-order valence-electron chi connectivity index (χ0n) is 18.4. The highest BCUT2D eigenvalue weighted by molar-refractivity contribution is 6.30. The summed E-state index contributed by atoms with van der Waals surface area (Å²) < 4.78 is 42.9. The Morgan fingerprint density at radius 2 is 1.79 bits per heavy atom. The Hall–Kier alpha value is -3.11. The van der Waals surface area contributed by atoms with Gasteiger partial charge in [-0.25, -0.2) is 4.79 Å². The molecule has 2 heterocycles. The molecule has 3 aromatic rings. The molecule has 0 saturated carbocycles. The summed E-state index contributed by atoms with van der Waals surface area (Å²) >= 11 is 6.18. The van der Waals surface area contributed by atoms with E-state index >= 15 is 0 Å². The molecule has 1 fully saturated rings. The fourth-order valence-electron chi connectivity index (χ4n) is 3.73. The number of hydrogen-bond donors (Lipinski definition) is 0. The van der Waals surface area contributed by atoms with Gasteiger partial charge in [0.25, 0.3) is 0 Å². The van der Waals surface area contributed by atoms with E-state index in [4.69, 9.17) is 16.0 Å². The van der Waals surface area contributed by atoms with Gasteiger partial charge in [-0.05, 0) is 42.4 Å².